The zero-order valence-electron chi connectivity index (χ0n) is 47.0. The van der Waals surface area contributed by atoms with Gasteiger partial charge in [-0.25, -0.2) is 0 Å². The molecule has 0 aromatic heterocycles. The Morgan fingerprint density at radius 2 is 0.743 bits per heavy atom. The lowest BCUT2D eigenvalue weighted by Crippen LogP contribution is -2.45. The molecular weight excluding hydrogens is 863 g/mol. The first-order valence-electron chi connectivity index (χ1n) is 31.2. The number of unbranched alkanes of at least 4 members (excludes halogenated alkanes) is 41. The second kappa shape index (κ2) is 59.6. The van der Waals surface area contributed by atoms with Crippen LogP contribution < -0.4 is 5.32 Å². The molecule has 0 fully saturated rings. The highest BCUT2D eigenvalue weighted by molar-refractivity contribution is 5.76. The molecule has 0 rings (SSSR count). The number of allylic oxidation sites excluding steroid dienone is 6. The Morgan fingerprint density at radius 1 is 0.400 bits per heavy atom. The third-order valence-corrected chi connectivity index (χ3v) is 14.4. The SMILES string of the molecule is CCC/C=C\C/C=C\CCCCCCCC(=O)OCCCCCCCCCCCC/C=C\CCCCCCCCCC(=O)NC(CO)C(O)CCCCCCCCCCCCCCCCCCCCC. The average Bonchev–Trinajstić information content (AvgIpc) is 3.36. The van der Waals surface area contributed by atoms with Crippen LogP contribution in [0.15, 0.2) is 36.5 Å². The highest BCUT2D eigenvalue weighted by Gasteiger charge is 2.20. The number of carbonyl (C=O) groups excluding carboxylic acids is 2. The van der Waals surface area contributed by atoms with E-state index in [4.69, 9.17) is 4.74 Å². The van der Waals surface area contributed by atoms with Crippen LogP contribution in [0.3, 0.4) is 0 Å². The van der Waals surface area contributed by atoms with Gasteiger partial charge >= 0.3 is 5.97 Å². The van der Waals surface area contributed by atoms with E-state index in [1.807, 2.05) is 0 Å². The summed E-state index contributed by atoms with van der Waals surface area (Å²) in [5.41, 5.74) is 0. The summed E-state index contributed by atoms with van der Waals surface area (Å²) in [7, 11) is 0. The first-order valence-corrected chi connectivity index (χ1v) is 31.2. The van der Waals surface area contributed by atoms with Crippen molar-refractivity contribution in [2.24, 2.45) is 0 Å². The minimum absolute atomic E-state index is 0.00697. The Bertz CT molecular complexity index is 1130. The first-order chi connectivity index (χ1) is 34.5. The fourth-order valence-corrected chi connectivity index (χ4v) is 9.61. The maximum atomic E-state index is 12.5. The monoisotopic (exact) mass is 984 g/mol. The molecule has 1 amide bonds. The topological polar surface area (TPSA) is 95.9 Å². The standard InChI is InChI=1S/C64H121NO5/c1-3-5-7-9-11-13-15-17-18-19-23-26-29-33-36-40-44-48-52-56-62(67)61(60-66)65-63(68)57-53-49-45-41-37-34-30-27-24-21-20-22-25-28-31-35-39-43-47-51-55-59-70-64(69)58-54-50-46-42-38-32-16-14-12-10-8-6-4-2/h8,10,14,16,21,24,61-62,66-67H,3-7,9,11-13,15,17-20,22-23,25-60H2,1-2H3,(H,65,68)/b10-8-,16-14-,24-21-. The van der Waals surface area contributed by atoms with Crippen molar-refractivity contribution < 1.29 is 24.5 Å². The highest BCUT2D eigenvalue weighted by Crippen LogP contribution is 2.18. The molecule has 0 saturated carbocycles. The van der Waals surface area contributed by atoms with Crippen molar-refractivity contribution in [2.45, 2.75) is 347 Å². The number of carbonyl (C=O) groups is 2. The van der Waals surface area contributed by atoms with Crippen molar-refractivity contribution in [1.29, 1.82) is 0 Å². The number of hydrogen-bond acceptors (Lipinski definition) is 5. The Kier molecular flexibility index (Phi) is 58.0. The summed E-state index contributed by atoms with van der Waals surface area (Å²) in [6, 6.07) is -0.548. The van der Waals surface area contributed by atoms with Crippen LogP contribution in [-0.4, -0.2) is 47.4 Å². The largest absolute Gasteiger partial charge is 0.466 e. The van der Waals surface area contributed by atoms with Gasteiger partial charge in [-0.15, -0.1) is 0 Å². The number of ether oxygens (including phenoxy) is 1. The van der Waals surface area contributed by atoms with Crippen LogP contribution in [0.1, 0.15) is 335 Å². The van der Waals surface area contributed by atoms with E-state index in [1.165, 1.54) is 250 Å². The summed E-state index contributed by atoms with van der Waals surface area (Å²) in [5.74, 6) is -0.0475. The van der Waals surface area contributed by atoms with E-state index < -0.39 is 12.1 Å². The fourth-order valence-electron chi connectivity index (χ4n) is 9.61. The number of amides is 1. The second-order valence-corrected chi connectivity index (χ2v) is 21.4. The number of aliphatic hydroxyl groups excluding tert-OH is 2. The summed E-state index contributed by atoms with van der Waals surface area (Å²) in [6.45, 7) is 4.89. The third kappa shape index (κ3) is 55.4. The third-order valence-electron chi connectivity index (χ3n) is 14.4. The molecule has 6 nitrogen and oxygen atoms in total. The predicted molar refractivity (Wildman–Crippen MR) is 306 cm³/mol. The van der Waals surface area contributed by atoms with E-state index in [9.17, 15) is 19.8 Å². The molecule has 0 heterocycles. The number of nitrogens with one attached hydrogen (secondary N) is 1. The number of rotatable bonds is 58. The summed E-state index contributed by atoms with van der Waals surface area (Å²) in [5, 5.41) is 23.3. The van der Waals surface area contributed by atoms with Gasteiger partial charge in [-0.2, -0.15) is 0 Å². The maximum absolute atomic E-state index is 12.5. The smallest absolute Gasteiger partial charge is 0.305 e. The normalized spacial score (nSPS) is 12.8. The van der Waals surface area contributed by atoms with Crippen molar-refractivity contribution in [2.75, 3.05) is 13.2 Å². The molecule has 0 aliphatic carbocycles. The molecule has 0 aromatic rings. The van der Waals surface area contributed by atoms with E-state index in [2.05, 4.69) is 55.6 Å². The average molecular weight is 985 g/mol. The zero-order chi connectivity index (χ0) is 50.7. The van der Waals surface area contributed by atoms with Gasteiger partial charge in [0.1, 0.15) is 0 Å². The minimum Gasteiger partial charge on any atom is -0.466 e. The molecule has 70 heavy (non-hydrogen) atoms. The van der Waals surface area contributed by atoms with Crippen LogP contribution in [0.5, 0.6) is 0 Å². The molecule has 2 unspecified atom stereocenters. The quantitative estimate of drug-likeness (QED) is 0.0321. The molecule has 0 aromatic carbocycles. The lowest BCUT2D eigenvalue weighted by Gasteiger charge is -2.22. The van der Waals surface area contributed by atoms with Crippen molar-refractivity contribution in [3.8, 4) is 0 Å². The lowest BCUT2D eigenvalue weighted by molar-refractivity contribution is -0.143. The summed E-state index contributed by atoms with van der Waals surface area (Å²) < 4.78 is 5.46. The number of esters is 1. The zero-order valence-corrected chi connectivity index (χ0v) is 47.0. The van der Waals surface area contributed by atoms with Crippen molar-refractivity contribution in [1.82, 2.24) is 5.32 Å². The molecule has 0 aliphatic heterocycles. The van der Waals surface area contributed by atoms with Crippen LogP contribution in [-0.2, 0) is 14.3 Å². The van der Waals surface area contributed by atoms with Gasteiger partial charge in [0.15, 0.2) is 0 Å². The Hall–Kier alpha value is -1.92. The van der Waals surface area contributed by atoms with Crippen molar-refractivity contribution >= 4 is 11.9 Å². The summed E-state index contributed by atoms with van der Waals surface area (Å²) in [4.78, 5) is 24.5. The van der Waals surface area contributed by atoms with Gasteiger partial charge in [0.2, 0.25) is 5.91 Å². The highest BCUT2D eigenvalue weighted by atomic mass is 16.5. The molecule has 0 saturated heterocycles. The van der Waals surface area contributed by atoms with Crippen molar-refractivity contribution in [3.05, 3.63) is 36.5 Å². The molecule has 0 radical (unpaired) electrons. The van der Waals surface area contributed by atoms with Gasteiger partial charge in [-0.1, -0.05) is 281 Å². The minimum atomic E-state index is -0.670. The molecule has 2 atom stereocenters. The Labute approximate surface area is 436 Å². The van der Waals surface area contributed by atoms with E-state index in [0.717, 1.165) is 51.4 Å². The number of hydrogen-bond donors (Lipinski definition) is 3. The molecule has 412 valence electrons. The first kappa shape index (κ1) is 68.1. The summed E-state index contributed by atoms with van der Waals surface area (Å²) >= 11 is 0. The fraction of sp³-hybridized carbons (Fsp3) is 0.875. The van der Waals surface area contributed by atoms with E-state index >= 15 is 0 Å². The van der Waals surface area contributed by atoms with Gasteiger partial charge in [-0.3, -0.25) is 9.59 Å². The molecule has 0 bridgehead atoms. The van der Waals surface area contributed by atoms with Gasteiger partial charge < -0.3 is 20.3 Å². The molecule has 3 N–H and O–H groups in total. The molecule has 0 aliphatic rings. The second-order valence-electron chi connectivity index (χ2n) is 21.4. The summed E-state index contributed by atoms with van der Waals surface area (Å²) in [6.07, 6.45) is 74.4. The maximum Gasteiger partial charge on any atom is 0.305 e. The van der Waals surface area contributed by atoms with Crippen LogP contribution >= 0.6 is 0 Å². The van der Waals surface area contributed by atoms with Crippen LogP contribution in [0, 0.1) is 0 Å². The van der Waals surface area contributed by atoms with Gasteiger partial charge in [-0.05, 0) is 77.0 Å². The molecular formula is C64H121NO5. The Morgan fingerprint density at radius 3 is 1.16 bits per heavy atom. The van der Waals surface area contributed by atoms with Crippen LogP contribution in [0.2, 0.25) is 0 Å². The predicted octanol–water partition coefficient (Wildman–Crippen LogP) is 19.6. The molecule has 6 heteroatoms. The van der Waals surface area contributed by atoms with E-state index in [-0.39, 0.29) is 18.5 Å². The van der Waals surface area contributed by atoms with Crippen LogP contribution in [0.25, 0.3) is 0 Å². The van der Waals surface area contributed by atoms with Gasteiger partial charge in [0, 0.05) is 12.8 Å². The van der Waals surface area contributed by atoms with Gasteiger partial charge in [0.25, 0.3) is 0 Å². The van der Waals surface area contributed by atoms with Crippen molar-refractivity contribution in [3.63, 3.8) is 0 Å². The van der Waals surface area contributed by atoms with E-state index in [0.29, 0.717) is 25.9 Å². The van der Waals surface area contributed by atoms with E-state index in [1.54, 1.807) is 0 Å². The van der Waals surface area contributed by atoms with Crippen LogP contribution in [0.4, 0.5) is 0 Å². The number of aliphatic hydroxyl groups is 2. The lowest BCUT2D eigenvalue weighted by atomic mass is 10.0. The molecule has 0 spiro atoms. The van der Waals surface area contributed by atoms with Gasteiger partial charge in [0.05, 0.1) is 25.4 Å². The Balaban J connectivity index is 3.44.